The Morgan fingerprint density at radius 3 is 2.71 bits per heavy atom. The molecule has 106 valence electrons. The molecule has 0 saturated heterocycles. The Bertz CT molecular complexity index is 769. The van der Waals surface area contributed by atoms with Gasteiger partial charge in [0.05, 0.1) is 5.69 Å². The van der Waals surface area contributed by atoms with Gasteiger partial charge in [0.1, 0.15) is 22.9 Å². The van der Waals surface area contributed by atoms with Gasteiger partial charge < -0.3 is 9.84 Å². The lowest BCUT2D eigenvalue weighted by Crippen LogP contribution is -2.04. The molecule has 2 aromatic rings. The van der Waals surface area contributed by atoms with Gasteiger partial charge in [0.2, 0.25) is 0 Å². The first-order valence-electron chi connectivity index (χ1n) is 5.88. The summed E-state index contributed by atoms with van der Waals surface area (Å²) in [6.07, 6.45) is 0. The summed E-state index contributed by atoms with van der Waals surface area (Å²) in [6, 6.07) is 6.09. The molecule has 1 aromatic carbocycles. The second-order valence-electron chi connectivity index (χ2n) is 4.25. The highest BCUT2D eigenvalue weighted by Gasteiger charge is 2.17. The van der Waals surface area contributed by atoms with Gasteiger partial charge in [0, 0.05) is 11.1 Å². The number of aromatic nitrogens is 2. The number of carbonyl (C=O) groups is 1. The van der Waals surface area contributed by atoms with Crippen molar-refractivity contribution < 1.29 is 14.6 Å². The van der Waals surface area contributed by atoms with Gasteiger partial charge in [-0.3, -0.25) is 0 Å². The van der Waals surface area contributed by atoms with Crippen LogP contribution in [-0.2, 0) is 0 Å². The first-order chi connectivity index (χ1) is 9.93. The van der Waals surface area contributed by atoms with Gasteiger partial charge >= 0.3 is 5.97 Å². The topological polar surface area (TPSA) is 96.1 Å². The number of aryl methyl sites for hydroxylation is 1. The molecule has 1 heterocycles. The molecule has 0 aliphatic carbocycles. The number of aromatic carboxylic acids is 1. The van der Waals surface area contributed by atoms with Gasteiger partial charge in [0.25, 0.3) is 5.88 Å². The lowest BCUT2D eigenvalue weighted by atomic mass is 10.1. The van der Waals surface area contributed by atoms with E-state index in [0.29, 0.717) is 16.3 Å². The summed E-state index contributed by atoms with van der Waals surface area (Å²) in [5, 5.41) is 26.3. The first kappa shape index (κ1) is 14.8. The summed E-state index contributed by atoms with van der Waals surface area (Å²) in [5.74, 6) is -1.22. The normalized spacial score (nSPS) is 10.0. The van der Waals surface area contributed by atoms with E-state index < -0.39 is 5.97 Å². The Morgan fingerprint density at radius 2 is 2.10 bits per heavy atom. The highest BCUT2D eigenvalue weighted by atomic mass is 35.5. The fourth-order valence-corrected chi connectivity index (χ4v) is 1.81. The summed E-state index contributed by atoms with van der Waals surface area (Å²) in [5.41, 5.74) is 1.35. The fraction of sp³-hybridized carbons (Fsp3) is 0.143. The lowest BCUT2D eigenvalue weighted by molar-refractivity contribution is 0.0694. The SMILES string of the molecule is Cc1nnc(Oc2cc(Cl)ccc2C(=O)O)c(C#N)c1C. The number of rotatable bonds is 3. The van der Waals surface area contributed by atoms with E-state index in [1.165, 1.54) is 18.2 Å². The van der Waals surface area contributed by atoms with Gasteiger partial charge in [-0.1, -0.05) is 11.6 Å². The van der Waals surface area contributed by atoms with Gasteiger partial charge in [-0.05, 0) is 31.5 Å². The predicted octanol–water partition coefficient (Wildman–Crippen LogP) is 3.11. The molecule has 0 bridgehead atoms. The Hall–Kier alpha value is -2.65. The summed E-state index contributed by atoms with van der Waals surface area (Å²) in [6.45, 7) is 3.43. The van der Waals surface area contributed by atoms with Crippen molar-refractivity contribution in [2.75, 3.05) is 0 Å². The Kier molecular flexibility index (Phi) is 4.05. The molecule has 1 aromatic heterocycles. The van der Waals surface area contributed by atoms with Crippen LogP contribution in [0.4, 0.5) is 0 Å². The van der Waals surface area contributed by atoms with Crippen molar-refractivity contribution in [3.63, 3.8) is 0 Å². The van der Waals surface area contributed by atoms with E-state index in [1.54, 1.807) is 13.8 Å². The monoisotopic (exact) mass is 303 g/mol. The van der Waals surface area contributed by atoms with Gasteiger partial charge in [-0.15, -0.1) is 5.10 Å². The van der Waals surface area contributed by atoms with Crippen molar-refractivity contribution in [3.8, 4) is 17.7 Å². The highest BCUT2D eigenvalue weighted by molar-refractivity contribution is 6.30. The van der Waals surface area contributed by atoms with Gasteiger partial charge in [-0.2, -0.15) is 10.4 Å². The molecule has 0 aliphatic heterocycles. The largest absolute Gasteiger partial charge is 0.478 e. The van der Waals surface area contributed by atoms with E-state index >= 15 is 0 Å². The molecule has 1 N–H and O–H groups in total. The molecule has 0 amide bonds. The maximum absolute atomic E-state index is 11.2. The number of benzene rings is 1. The second kappa shape index (κ2) is 5.77. The van der Waals surface area contributed by atoms with Gasteiger partial charge in [0.15, 0.2) is 0 Å². The molecule has 0 saturated carbocycles. The summed E-state index contributed by atoms with van der Waals surface area (Å²) in [7, 11) is 0. The zero-order valence-electron chi connectivity index (χ0n) is 11.2. The van der Waals surface area contributed by atoms with Crippen LogP contribution in [0.15, 0.2) is 18.2 Å². The molecule has 0 spiro atoms. The van der Waals surface area contributed by atoms with Crippen LogP contribution in [0.3, 0.4) is 0 Å². The lowest BCUT2D eigenvalue weighted by Gasteiger charge is -2.10. The van der Waals surface area contributed by atoms with E-state index in [1.807, 2.05) is 6.07 Å². The van der Waals surface area contributed by atoms with Crippen molar-refractivity contribution in [3.05, 3.63) is 45.6 Å². The number of ether oxygens (including phenoxy) is 1. The Morgan fingerprint density at radius 1 is 1.38 bits per heavy atom. The average molecular weight is 304 g/mol. The number of halogens is 1. The van der Waals surface area contributed by atoms with Crippen molar-refractivity contribution in [2.24, 2.45) is 0 Å². The number of carboxylic acids is 1. The molecule has 21 heavy (non-hydrogen) atoms. The third-order valence-electron chi connectivity index (χ3n) is 2.91. The van der Waals surface area contributed by atoms with Crippen LogP contribution in [0.25, 0.3) is 0 Å². The van der Waals surface area contributed by atoms with Crippen LogP contribution >= 0.6 is 11.6 Å². The highest BCUT2D eigenvalue weighted by Crippen LogP contribution is 2.30. The van der Waals surface area contributed by atoms with Crippen LogP contribution < -0.4 is 4.74 Å². The predicted molar refractivity (Wildman–Crippen MR) is 74.7 cm³/mol. The molecule has 0 radical (unpaired) electrons. The molecular formula is C14H10ClN3O3. The standard InChI is InChI=1S/C14H10ClN3O3/c1-7-8(2)17-18-13(11(7)6-16)21-12-5-9(15)3-4-10(12)14(19)20/h3-5H,1-2H3,(H,19,20). The summed E-state index contributed by atoms with van der Waals surface area (Å²) < 4.78 is 5.45. The number of nitriles is 1. The summed E-state index contributed by atoms with van der Waals surface area (Å²) in [4.78, 5) is 11.2. The van der Waals surface area contributed by atoms with Crippen LogP contribution in [-0.4, -0.2) is 21.3 Å². The van der Waals surface area contributed by atoms with E-state index in [4.69, 9.17) is 21.4 Å². The first-order valence-corrected chi connectivity index (χ1v) is 6.26. The van der Waals surface area contributed by atoms with Gasteiger partial charge in [-0.25, -0.2) is 4.79 Å². The van der Waals surface area contributed by atoms with Crippen molar-refractivity contribution >= 4 is 17.6 Å². The minimum absolute atomic E-state index is 0.00375. The minimum Gasteiger partial charge on any atom is -0.478 e. The third kappa shape index (κ3) is 2.93. The van der Waals surface area contributed by atoms with Crippen LogP contribution in [0.5, 0.6) is 11.6 Å². The smallest absolute Gasteiger partial charge is 0.339 e. The molecule has 7 heteroatoms. The maximum Gasteiger partial charge on any atom is 0.339 e. The molecule has 0 unspecified atom stereocenters. The number of hydrogen-bond acceptors (Lipinski definition) is 5. The summed E-state index contributed by atoms with van der Waals surface area (Å²) >= 11 is 5.84. The molecular weight excluding hydrogens is 294 g/mol. The number of nitrogens with zero attached hydrogens (tertiary/aromatic N) is 3. The number of hydrogen-bond donors (Lipinski definition) is 1. The van der Waals surface area contributed by atoms with Crippen LogP contribution in [0.1, 0.15) is 27.2 Å². The molecule has 0 atom stereocenters. The van der Waals surface area contributed by atoms with Crippen molar-refractivity contribution in [2.45, 2.75) is 13.8 Å². The van der Waals surface area contributed by atoms with E-state index in [-0.39, 0.29) is 22.8 Å². The van der Waals surface area contributed by atoms with E-state index in [9.17, 15) is 10.1 Å². The van der Waals surface area contributed by atoms with Crippen molar-refractivity contribution in [1.82, 2.24) is 10.2 Å². The zero-order chi connectivity index (χ0) is 15.6. The molecule has 0 aliphatic rings. The Balaban J connectivity index is 2.53. The quantitative estimate of drug-likeness (QED) is 0.935. The van der Waals surface area contributed by atoms with E-state index in [0.717, 1.165) is 0 Å². The Labute approximate surface area is 125 Å². The average Bonchev–Trinajstić information content (AvgIpc) is 2.43. The van der Waals surface area contributed by atoms with E-state index in [2.05, 4.69) is 10.2 Å². The maximum atomic E-state index is 11.2. The van der Waals surface area contributed by atoms with Crippen LogP contribution in [0, 0.1) is 25.2 Å². The molecule has 6 nitrogen and oxygen atoms in total. The zero-order valence-corrected chi connectivity index (χ0v) is 12.0. The molecule has 0 fully saturated rings. The number of carboxylic acid groups (broad SMARTS) is 1. The van der Waals surface area contributed by atoms with Crippen molar-refractivity contribution in [1.29, 1.82) is 5.26 Å². The molecule has 2 rings (SSSR count). The third-order valence-corrected chi connectivity index (χ3v) is 3.15. The second-order valence-corrected chi connectivity index (χ2v) is 4.69. The fourth-order valence-electron chi connectivity index (χ4n) is 1.65. The van der Waals surface area contributed by atoms with Crippen LogP contribution in [0.2, 0.25) is 5.02 Å². The minimum atomic E-state index is -1.17.